The van der Waals surface area contributed by atoms with Crippen molar-refractivity contribution in [1.29, 1.82) is 0 Å². The lowest BCUT2D eigenvalue weighted by molar-refractivity contribution is -0.143. The fourth-order valence-electron chi connectivity index (χ4n) is 4.62. The lowest BCUT2D eigenvalue weighted by Crippen LogP contribution is -2.50. The van der Waals surface area contributed by atoms with Crippen LogP contribution in [0.2, 0.25) is 0 Å². The summed E-state index contributed by atoms with van der Waals surface area (Å²) < 4.78 is 92.4. The zero-order valence-corrected chi connectivity index (χ0v) is 23.5. The average Bonchev–Trinajstić information content (AvgIpc) is 2.91. The molecule has 42 heavy (non-hydrogen) atoms. The van der Waals surface area contributed by atoms with Gasteiger partial charge in [0.05, 0.1) is 48.8 Å². The van der Waals surface area contributed by atoms with Crippen molar-refractivity contribution in [3.05, 3.63) is 52.7 Å². The van der Waals surface area contributed by atoms with E-state index in [0.29, 0.717) is 24.2 Å². The Labute approximate surface area is 238 Å². The number of halogens is 6. The molecule has 230 valence electrons. The molecule has 0 spiro atoms. The van der Waals surface area contributed by atoms with Gasteiger partial charge in [0.2, 0.25) is 11.8 Å². The molecular formula is C26H31F6N7O3. The van der Waals surface area contributed by atoms with Crippen molar-refractivity contribution in [2.24, 2.45) is 21.2 Å². The van der Waals surface area contributed by atoms with Gasteiger partial charge in [-0.3, -0.25) is 4.90 Å². The van der Waals surface area contributed by atoms with Crippen LogP contribution in [0.3, 0.4) is 0 Å². The number of pyridine rings is 1. The second-order valence-corrected chi connectivity index (χ2v) is 9.66. The number of aromatic nitrogens is 1. The monoisotopic (exact) mass is 603 g/mol. The summed E-state index contributed by atoms with van der Waals surface area (Å²) in [4.78, 5) is 20.3. The highest BCUT2D eigenvalue weighted by atomic mass is 19.4. The first-order chi connectivity index (χ1) is 19.6. The molecule has 1 aliphatic heterocycles. The van der Waals surface area contributed by atoms with E-state index >= 15 is 0 Å². The molecule has 0 saturated heterocycles. The van der Waals surface area contributed by atoms with Crippen LogP contribution in [0, 0.1) is 0 Å². The fourth-order valence-corrected chi connectivity index (χ4v) is 4.62. The third-order valence-corrected chi connectivity index (χ3v) is 6.43. The van der Waals surface area contributed by atoms with E-state index in [1.807, 2.05) is 6.92 Å². The highest BCUT2D eigenvalue weighted by molar-refractivity contribution is 5.90. The van der Waals surface area contributed by atoms with E-state index < -0.39 is 54.3 Å². The Morgan fingerprint density at radius 2 is 1.76 bits per heavy atom. The summed E-state index contributed by atoms with van der Waals surface area (Å²) in [7, 11) is 2.67. The zero-order valence-electron chi connectivity index (χ0n) is 23.5. The van der Waals surface area contributed by atoms with E-state index in [4.69, 9.17) is 15.2 Å². The molecule has 1 aromatic carbocycles. The number of benzene rings is 1. The number of carbonyl (C=O) groups is 1. The van der Waals surface area contributed by atoms with Gasteiger partial charge in [-0.1, -0.05) is 12.0 Å². The van der Waals surface area contributed by atoms with Gasteiger partial charge in [-0.05, 0) is 61.7 Å². The van der Waals surface area contributed by atoms with E-state index in [0.717, 1.165) is 0 Å². The Bertz CT molecular complexity index is 1300. The molecule has 0 radical (unpaired) electrons. The summed E-state index contributed by atoms with van der Waals surface area (Å²) in [6, 6.07) is 2.96. The van der Waals surface area contributed by atoms with Crippen LogP contribution >= 0.6 is 0 Å². The third kappa shape index (κ3) is 7.39. The number of methoxy groups -OCH3 is 1. The quantitative estimate of drug-likeness (QED) is 0.127. The molecule has 16 heteroatoms. The molecule has 1 aliphatic rings. The first-order valence-corrected chi connectivity index (χ1v) is 12.8. The molecule has 2 unspecified atom stereocenters. The van der Waals surface area contributed by atoms with E-state index in [1.165, 1.54) is 30.0 Å². The van der Waals surface area contributed by atoms with Crippen LogP contribution in [0.4, 0.5) is 36.8 Å². The van der Waals surface area contributed by atoms with Gasteiger partial charge in [0.1, 0.15) is 0 Å². The maximum absolute atomic E-state index is 13.6. The summed E-state index contributed by atoms with van der Waals surface area (Å²) in [5.41, 5.74) is 3.44. The highest BCUT2D eigenvalue weighted by Gasteiger charge is 2.42. The summed E-state index contributed by atoms with van der Waals surface area (Å²) in [6.07, 6.45) is -10.7. The molecule has 0 fully saturated rings. The minimum Gasteiger partial charge on any atom is -0.481 e. The van der Waals surface area contributed by atoms with Gasteiger partial charge in [-0.15, -0.1) is 0 Å². The van der Waals surface area contributed by atoms with E-state index in [9.17, 15) is 31.1 Å². The predicted molar refractivity (Wildman–Crippen MR) is 141 cm³/mol. The summed E-state index contributed by atoms with van der Waals surface area (Å²) in [6.45, 7) is 4.64. The number of amides is 1. The predicted octanol–water partition coefficient (Wildman–Crippen LogP) is 6.52. The third-order valence-electron chi connectivity index (χ3n) is 6.43. The molecule has 0 aliphatic carbocycles. The maximum atomic E-state index is 13.6. The number of alkyl halides is 6. The van der Waals surface area contributed by atoms with Crippen molar-refractivity contribution in [2.75, 3.05) is 19.1 Å². The van der Waals surface area contributed by atoms with Crippen LogP contribution in [0.25, 0.3) is 0 Å². The molecular weight excluding hydrogens is 572 g/mol. The molecule has 2 aromatic rings. The molecule has 0 saturated carbocycles. The van der Waals surface area contributed by atoms with Crippen molar-refractivity contribution in [3.8, 4) is 5.88 Å². The van der Waals surface area contributed by atoms with Crippen LogP contribution in [0.5, 0.6) is 5.88 Å². The van der Waals surface area contributed by atoms with Gasteiger partial charge < -0.3 is 20.1 Å². The summed E-state index contributed by atoms with van der Waals surface area (Å²) >= 11 is 0. The number of nitrogens with two attached hydrogens (primary N) is 1. The van der Waals surface area contributed by atoms with E-state index in [-0.39, 0.29) is 35.6 Å². The van der Waals surface area contributed by atoms with Crippen LogP contribution in [-0.2, 0) is 23.6 Å². The highest BCUT2D eigenvalue weighted by Crippen LogP contribution is 2.43. The maximum Gasteiger partial charge on any atom is 0.416 e. The molecule has 1 amide bonds. The number of hydrogen-bond donors (Lipinski definition) is 1. The van der Waals surface area contributed by atoms with Crippen LogP contribution in [0.1, 0.15) is 62.0 Å². The van der Waals surface area contributed by atoms with Crippen LogP contribution < -0.4 is 15.4 Å². The minimum atomic E-state index is -5.05. The summed E-state index contributed by atoms with van der Waals surface area (Å²) in [5.74, 6) is -0.201. The number of anilines is 1. The standard InChI is InChI=1S/C26H31F6N7O3/c1-6-18-12-20(22-19(7-8-21(35-22)41-5)39(18)24(40)42-14(2)3)38(23(33)36-37-34-4)13-15-9-16(25(27,28)29)11-17(10-15)26(30,31)32/h7-11,14,18,20H,6,12-13H2,1-5H3,(H2,33,34,36). The number of nitrogens with zero attached hydrogens (tertiary/aromatic N) is 6. The topological polar surface area (TPSA) is 118 Å². The Morgan fingerprint density at radius 1 is 1.14 bits per heavy atom. The molecule has 2 heterocycles. The molecule has 10 nitrogen and oxygen atoms in total. The Kier molecular flexibility index (Phi) is 9.89. The van der Waals surface area contributed by atoms with Crippen molar-refractivity contribution in [3.63, 3.8) is 0 Å². The van der Waals surface area contributed by atoms with Crippen molar-refractivity contribution in [2.45, 2.75) is 70.7 Å². The number of rotatable bonds is 7. The van der Waals surface area contributed by atoms with Crippen LogP contribution in [0.15, 0.2) is 45.8 Å². The Balaban J connectivity index is 2.23. The normalized spacial score (nSPS) is 17.9. The number of hydrogen-bond acceptors (Lipinski definition) is 6. The fraction of sp³-hybridized carbons (Fsp3) is 0.500. The van der Waals surface area contributed by atoms with Gasteiger partial charge in [0.15, 0.2) is 0 Å². The van der Waals surface area contributed by atoms with Crippen LogP contribution in [-0.4, -0.2) is 48.2 Å². The minimum absolute atomic E-state index is 0.0459. The Morgan fingerprint density at radius 3 is 2.26 bits per heavy atom. The lowest BCUT2D eigenvalue weighted by atomic mass is 9.92. The molecule has 3 rings (SSSR count). The lowest BCUT2D eigenvalue weighted by Gasteiger charge is -2.43. The second-order valence-electron chi connectivity index (χ2n) is 9.66. The van der Waals surface area contributed by atoms with E-state index in [2.05, 4.69) is 20.4 Å². The van der Waals surface area contributed by atoms with Crippen molar-refractivity contribution < 1.29 is 40.6 Å². The number of guanidine groups is 1. The molecule has 2 atom stereocenters. The largest absolute Gasteiger partial charge is 0.481 e. The second kappa shape index (κ2) is 12.8. The van der Waals surface area contributed by atoms with Gasteiger partial charge in [-0.2, -0.15) is 31.5 Å². The van der Waals surface area contributed by atoms with E-state index in [1.54, 1.807) is 19.9 Å². The average molecular weight is 604 g/mol. The number of carbonyl (C=O) groups excluding carboxylic acids is 1. The first-order valence-electron chi connectivity index (χ1n) is 12.8. The number of fused-ring (bicyclic) bond motifs is 1. The van der Waals surface area contributed by atoms with Crippen molar-refractivity contribution in [1.82, 2.24) is 9.88 Å². The zero-order chi connectivity index (χ0) is 31.4. The number of ether oxygens (including phenoxy) is 2. The van der Waals surface area contributed by atoms with Gasteiger partial charge in [-0.25, -0.2) is 9.78 Å². The molecule has 2 N–H and O–H groups in total. The smallest absolute Gasteiger partial charge is 0.416 e. The van der Waals surface area contributed by atoms with Gasteiger partial charge in [0, 0.05) is 18.7 Å². The van der Waals surface area contributed by atoms with Crippen molar-refractivity contribution >= 4 is 17.7 Å². The molecule has 0 bridgehead atoms. The SMILES string of the molecule is CCC1CC(N(Cc2cc(C(F)(F)F)cc(C(F)(F)F)c2)C(N)=NN=NC)c2nc(OC)ccc2N1C(=O)OC(C)C. The molecule has 1 aromatic heterocycles. The van der Waals surface area contributed by atoms with Gasteiger partial charge in [0.25, 0.3) is 0 Å². The Hall–Kier alpha value is -4.11. The first kappa shape index (κ1) is 32.4. The summed E-state index contributed by atoms with van der Waals surface area (Å²) in [5, 5.41) is 10.8. The van der Waals surface area contributed by atoms with Gasteiger partial charge >= 0.3 is 18.4 Å².